The number of benzene rings is 2. The summed E-state index contributed by atoms with van der Waals surface area (Å²) in [6.07, 6.45) is -0.809. The van der Waals surface area contributed by atoms with Crippen LogP contribution < -0.4 is 14.2 Å². The van der Waals surface area contributed by atoms with E-state index in [9.17, 15) is 9.90 Å². The van der Waals surface area contributed by atoms with Crippen LogP contribution in [0.25, 0.3) is 0 Å². The minimum atomic E-state index is -1.02. The van der Waals surface area contributed by atoms with Crippen molar-refractivity contribution in [1.82, 2.24) is 0 Å². The molecule has 1 N–H and O–H groups in total. The van der Waals surface area contributed by atoms with Crippen LogP contribution in [0.2, 0.25) is 0 Å². The third kappa shape index (κ3) is 4.39. The zero-order chi connectivity index (χ0) is 16.8. The number of rotatable bonds is 7. The summed E-state index contributed by atoms with van der Waals surface area (Å²) < 4.78 is 16.1. The van der Waals surface area contributed by atoms with Gasteiger partial charge in [-0.05, 0) is 30.7 Å². The summed E-state index contributed by atoms with van der Waals surface area (Å²) in [6, 6.07) is 12.5. The predicted octanol–water partition coefficient (Wildman–Crippen LogP) is 3.09. The molecule has 0 aliphatic rings. The number of aryl methyl sites for hydroxylation is 1. The molecule has 0 heterocycles. The number of aliphatic carboxylic acids is 1. The molecular formula is C18H20O5. The summed E-state index contributed by atoms with van der Waals surface area (Å²) in [5, 5.41) is 9.42. The average Bonchev–Trinajstić information content (AvgIpc) is 2.56. The van der Waals surface area contributed by atoms with Crippen molar-refractivity contribution in [3.8, 4) is 17.2 Å². The normalized spacial score (nSPS) is 11.6. The Bertz CT molecular complexity index is 664. The smallest absolute Gasteiger partial charge is 0.345 e. The molecule has 2 aromatic carbocycles. The molecule has 0 fully saturated rings. The number of carboxylic acids is 1. The second-order valence-corrected chi connectivity index (χ2v) is 5.14. The highest BCUT2D eigenvalue weighted by Gasteiger charge is 2.22. The van der Waals surface area contributed by atoms with E-state index in [1.54, 1.807) is 37.4 Å². The number of methoxy groups -OCH3 is 2. The summed E-state index contributed by atoms with van der Waals surface area (Å²) >= 11 is 0. The third-order valence-corrected chi connectivity index (χ3v) is 3.47. The molecule has 2 rings (SSSR count). The molecule has 0 unspecified atom stereocenters. The van der Waals surface area contributed by atoms with Crippen LogP contribution in [0.1, 0.15) is 11.1 Å². The van der Waals surface area contributed by atoms with Crippen molar-refractivity contribution in [1.29, 1.82) is 0 Å². The summed E-state index contributed by atoms with van der Waals surface area (Å²) in [7, 11) is 3.10. The molecule has 0 amide bonds. The van der Waals surface area contributed by atoms with Gasteiger partial charge in [0.1, 0.15) is 17.2 Å². The first-order chi connectivity index (χ1) is 11.0. The van der Waals surface area contributed by atoms with Crippen molar-refractivity contribution in [3.05, 3.63) is 53.6 Å². The minimum absolute atomic E-state index is 0.191. The van der Waals surface area contributed by atoms with Gasteiger partial charge in [-0.15, -0.1) is 0 Å². The highest BCUT2D eigenvalue weighted by molar-refractivity contribution is 5.73. The molecule has 0 saturated carbocycles. The second kappa shape index (κ2) is 7.54. The molecule has 23 heavy (non-hydrogen) atoms. The van der Waals surface area contributed by atoms with Crippen molar-refractivity contribution in [2.24, 2.45) is 0 Å². The van der Waals surface area contributed by atoms with E-state index in [-0.39, 0.29) is 6.42 Å². The first kappa shape index (κ1) is 16.7. The van der Waals surface area contributed by atoms with Gasteiger partial charge in [-0.1, -0.05) is 23.8 Å². The summed E-state index contributed by atoms with van der Waals surface area (Å²) in [5.74, 6) is 0.721. The zero-order valence-corrected chi connectivity index (χ0v) is 13.4. The number of carbonyl (C=O) groups is 1. The average molecular weight is 316 g/mol. The molecule has 0 radical (unpaired) electrons. The van der Waals surface area contributed by atoms with Gasteiger partial charge in [-0.25, -0.2) is 4.79 Å². The summed E-state index contributed by atoms with van der Waals surface area (Å²) in [4.78, 5) is 11.5. The monoisotopic (exact) mass is 316 g/mol. The Balaban J connectivity index is 2.19. The number of carboxylic acid groups (broad SMARTS) is 1. The van der Waals surface area contributed by atoms with Gasteiger partial charge in [-0.2, -0.15) is 0 Å². The van der Waals surface area contributed by atoms with Crippen LogP contribution >= 0.6 is 0 Å². The number of ether oxygens (including phenoxy) is 3. The molecular weight excluding hydrogens is 296 g/mol. The highest BCUT2D eigenvalue weighted by Crippen LogP contribution is 2.26. The van der Waals surface area contributed by atoms with Crippen LogP contribution in [0.3, 0.4) is 0 Å². The fourth-order valence-corrected chi connectivity index (χ4v) is 2.18. The van der Waals surface area contributed by atoms with Crippen LogP contribution in [0.5, 0.6) is 17.2 Å². The Morgan fingerprint density at radius 1 is 1.04 bits per heavy atom. The minimum Gasteiger partial charge on any atom is -0.497 e. The first-order valence-electron chi connectivity index (χ1n) is 7.20. The van der Waals surface area contributed by atoms with Crippen LogP contribution in [-0.2, 0) is 11.2 Å². The van der Waals surface area contributed by atoms with Crippen LogP contribution in [-0.4, -0.2) is 31.4 Å². The van der Waals surface area contributed by atoms with Gasteiger partial charge >= 0.3 is 5.97 Å². The van der Waals surface area contributed by atoms with Gasteiger partial charge in [0.15, 0.2) is 6.10 Å². The largest absolute Gasteiger partial charge is 0.497 e. The standard InChI is InChI=1S/C18H20O5/c1-12-4-7-14(8-5-12)23-17(18(19)20)10-13-6-9-15(21-2)11-16(13)22-3/h4-9,11,17H,10H2,1-3H3,(H,19,20)/t17-/m1/s1. The molecule has 2 aromatic rings. The lowest BCUT2D eigenvalue weighted by atomic mass is 10.1. The molecule has 0 aromatic heterocycles. The molecule has 1 atom stereocenters. The van der Waals surface area contributed by atoms with Crippen LogP contribution in [0, 0.1) is 6.92 Å². The molecule has 0 bridgehead atoms. The van der Waals surface area contributed by atoms with Crippen molar-refractivity contribution in [2.45, 2.75) is 19.4 Å². The molecule has 0 saturated heterocycles. The van der Waals surface area contributed by atoms with E-state index in [0.29, 0.717) is 17.2 Å². The summed E-state index contributed by atoms with van der Waals surface area (Å²) in [5.41, 5.74) is 1.83. The lowest BCUT2D eigenvalue weighted by molar-refractivity contribution is -0.145. The first-order valence-corrected chi connectivity index (χ1v) is 7.20. The molecule has 5 nitrogen and oxygen atoms in total. The zero-order valence-electron chi connectivity index (χ0n) is 13.4. The van der Waals surface area contributed by atoms with E-state index < -0.39 is 12.1 Å². The second-order valence-electron chi connectivity index (χ2n) is 5.14. The fraction of sp³-hybridized carbons (Fsp3) is 0.278. The molecule has 0 aliphatic carbocycles. The molecule has 122 valence electrons. The van der Waals surface area contributed by atoms with Gasteiger partial charge in [0, 0.05) is 12.5 Å². The van der Waals surface area contributed by atoms with E-state index >= 15 is 0 Å². The quantitative estimate of drug-likeness (QED) is 0.850. The van der Waals surface area contributed by atoms with Crippen LogP contribution in [0.4, 0.5) is 0 Å². The third-order valence-electron chi connectivity index (χ3n) is 3.47. The SMILES string of the molecule is COc1ccc(C[C@@H](Oc2ccc(C)cc2)C(=O)O)c(OC)c1. The Morgan fingerprint density at radius 3 is 2.26 bits per heavy atom. The van der Waals surface area contributed by atoms with E-state index in [1.165, 1.54) is 7.11 Å². The number of hydrogen-bond acceptors (Lipinski definition) is 4. The highest BCUT2D eigenvalue weighted by atomic mass is 16.5. The number of hydrogen-bond donors (Lipinski definition) is 1. The lowest BCUT2D eigenvalue weighted by Crippen LogP contribution is -2.29. The van der Waals surface area contributed by atoms with Gasteiger partial charge < -0.3 is 19.3 Å². The Morgan fingerprint density at radius 2 is 1.70 bits per heavy atom. The van der Waals surface area contributed by atoms with Crippen molar-refractivity contribution < 1.29 is 24.1 Å². The fourth-order valence-electron chi connectivity index (χ4n) is 2.18. The molecule has 0 aliphatic heterocycles. The van der Waals surface area contributed by atoms with Gasteiger partial charge in [0.2, 0.25) is 0 Å². The maximum absolute atomic E-state index is 11.5. The molecule has 5 heteroatoms. The maximum atomic E-state index is 11.5. The van der Waals surface area contributed by atoms with Gasteiger partial charge in [0.25, 0.3) is 0 Å². The van der Waals surface area contributed by atoms with Crippen molar-refractivity contribution in [3.63, 3.8) is 0 Å². The van der Waals surface area contributed by atoms with Gasteiger partial charge in [0.05, 0.1) is 14.2 Å². The Kier molecular flexibility index (Phi) is 5.46. The maximum Gasteiger partial charge on any atom is 0.345 e. The lowest BCUT2D eigenvalue weighted by Gasteiger charge is -2.17. The Labute approximate surface area is 135 Å². The van der Waals surface area contributed by atoms with Crippen molar-refractivity contribution >= 4 is 5.97 Å². The van der Waals surface area contributed by atoms with E-state index in [0.717, 1.165) is 11.1 Å². The van der Waals surface area contributed by atoms with Crippen LogP contribution in [0.15, 0.2) is 42.5 Å². The summed E-state index contributed by atoms with van der Waals surface area (Å²) in [6.45, 7) is 1.96. The molecule has 0 spiro atoms. The van der Waals surface area contributed by atoms with E-state index in [4.69, 9.17) is 14.2 Å². The predicted molar refractivity (Wildman–Crippen MR) is 86.5 cm³/mol. The van der Waals surface area contributed by atoms with Gasteiger partial charge in [-0.3, -0.25) is 0 Å². The van der Waals surface area contributed by atoms with E-state index in [2.05, 4.69) is 0 Å². The van der Waals surface area contributed by atoms with E-state index in [1.807, 2.05) is 19.1 Å². The topological polar surface area (TPSA) is 65.0 Å². The van der Waals surface area contributed by atoms with Crippen molar-refractivity contribution in [2.75, 3.05) is 14.2 Å². The Hall–Kier alpha value is -2.69.